The third-order valence-electron chi connectivity index (χ3n) is 1.56. The highest BCUT2D eigenvalue weighted by Crippen LogP contribution is 2.17. The number of benzene rings is 1. The SMILES string of the molecule is [c]1cccc(-c2ccoc2)c1. The van der Waals surface area contributed by atoms with E-state index in [0.29, 0.717) is 0 Å². The molecule has 0 fully saturated rings. The van der Waals surface area contributed by atoms with Crippen molar-refractivity contribution in [3.8, 4) is 11.1 Å². The maximum absolute atomic E-state index is 4.96. The molecule has 53 valence electrons. The zero-order chi connectivity index (χ0) is 7.52. The summed E-state index contributed by atoms with van der Waals surface area (Å²) in [7, 11) is 0. The predicted molar refractivity (Wildman–Crippen MR) is 43.0 cm³/mol. The Kier molecular flexibility index (Phi) is 1.48. The van der Waals surface area contributed by atoms with Crippen molar-refractivity contribution in [1.29, 1.82) is 0 Å². The van der Waals surface area contributed by atoms with E-state index >= 15 is 0 Å². The van der Waals surface area contributed by atoms with Crippen molar-refractivity contribution in [2.75, 3.05) is 0 Å². The van der Waals surface area contributed by atoms with Crippen molar-refractivity contribution in [2.45, 2.75) is 0 Å². The van der Waals surface area contributed by atoms with Crippen molar-refractivity contribution in [3.63, 3.8) is 0 Å². The average molecular weight is 143 g/mol. The van der Waals surface area contributed by atoms with Gasteiger partial charge in [-0.05, 0) is 23.8 Å². The van der Waals surface area contributed by atoms with Crippen LogP contribution in [0.4, 0.5) is 0 Å². The molecule has 1 radical (unpaired) electrons. The van der Waals surface area contributed by atoms with Crippen LogP contribution in [0.5, 0.6) is 0 Å². The van der Waals surface area contributed by atoms with Crippen LogP contribution in [0.25, 0.3) is 11.1 Å². The summed E-state index contributed by atoms with van der Waals surface area (Å²) in [4.78, 5) is 0. The van der Waals surface area contributed by atoms with Crippen LogP contribution >= 0.6 is 0 Å². The lowest BCUT2D eigenvalue weighted by Gasteiger charge is -1.92. The van der Waals surface area contributed by atoms with Crippen LogP contribution in [0, 0.1) is 6.07 Å². The van der Waals surface area contributed by atoms with Gasteiger partial charge in [-0.25, -0.2) is 0 Å². The minimum atomic E-state index is 1.10. The Balaban J connectivity index is 2.46. The number of hydrogen-bond acceptors (Lipinski definition) is 1. The van der Waals surface area contributed by atoms with Gasteiger partial charge in [-0.1, -0.05) is 18.2 Å². The molecular weight excluding hydrogens is 136 g/mol. The molecule has 0 spiro atoms. The van der Waals surface area contributed by atoms with E-state index in [1.54, 1.807) is 12.5 Å². The van der Waals surface area contributed by atoms with Gasteiger partial charge in [0.1, 0.15) is 0 Å². The molecule has 1 heterocycles. The molecule has 2 rings (SSSR count). The van der Waals surface area contributed by atoms with Gasteiger partial charge in [-0.15, -0.1) is 0 Å². The van der Waals surface area contributed by atoms with E-state index in [1.807, 2.05) is 30.3 Å². The average Bonchev–Trinajstić information content (AvgIpc) is 2.58. The van der Waals surface area contributed by atoms with Gasteiger partial charge in [-0.3, -0.25) is 0 Å². The van der Waals surface area contributed by atoms with Gasteiger partial charge >= 0.3 is 0 Å². The molecule has 2 aromatic rings. The zero-order valence-corrected chi connectivity index (χ0v) is 5.95. The third kappa shape index (κ3) is 1.17. The minimum absolute atomic E-state index is 1.10. The van der Waals surface area contributed by atoms with Gasteiger partial charge in [0.25, 0.3) is 0 Å². The molecular formula is C10H7O. The Morgan fingerprint density at radius 2 is 2.18 bits per heavy atom. The van der Waals surface area contributed by atoms with E-state index in [9.17, 15) is 0 Å². The molecule has 0 unspecified atom stereocenters. The first-order chi connectivity index (χ1) is 5.47. The fraction of sp³-hybridized carbons (Fsp3) is 0. The minimum Gasteiger partial charge on any atom is -0.472 e. The van der Waals surface area contributed by atoms with Crippen molar-refractivity contribution in [3.05, 3.63) is 48.9 Å². The van der Waals surface area contributed by atoms with Gasteiger partial charge in [-0.2, -0.15) is 0 Å². The summed E-state index contributed by atoms with van der Waals surface area (Å²) < 4.78 is 4.96. The molecule has 1 heteroatoms. The molecule has 0 bridgehead atoms. The van der Waals surface area contributed by atoms with E-state index in [2.05, 4.69) is 6.07 Å². The number of furan rings is 1. The zero-order valence-electron chi connectivity index (χ0n) is 5.95. The van der Waals surface area contributed by atoms with Gasteiger partial charge in [0, 0.05) is 5.56 Å². The van der Waals surface area contributed by atoms with E-state index in [0.717, 1.165) is 11.1 Å². The summed E-state index contributed by atoms with van der Waals surface area (Å²) in [5.41, 5.74) is 2.24. The summed E-state index contributed by atoms with van der Waals surface area (Å²) >= 11 is 0. The van der Waals surface area contributed by atoms with Crippen LogP contribution in [0.15, 0.2) is 47.3 Å². The van der Waals surface area contributed by atoms with Crippen molar-refractivity contribution >= 4 is 0 Å². The maximum atomic E-state index is 4.96. The molecule has 1 nitrogen and oxygen atoms in total. The molecule has 11 heavy (non-hydrogen) atoms. The second kappa shape index (κ2) is 2.62. The number of hydrogen-bond donors (Lipinski definition) is 0. The molecule has 0 saturated carbocycles. The Morgan fingerprint density at radius 1 is 1.18 bits per heavy atom. The van der Waals surface area contributed by atoms with Crippen LogP contribution < -0.4 is 0 Å². The molecule has 0 aliphatic carbocycles. The van der Waals surface area contributed by atoms with Gasteiger partial charge in [0.2, 0.25) is 0 Å². The lowest BCUT2D eigenvalue weighted by Crippen LogP contribution is -1.69. The highest BCUT2D eigenvalue weighted by atomic mass is 16.3. The first-order valence-corrected chi connectivity index (χ1v) is 3.45. The third-order valence-corrected chi connectivity index (χ3v) is 1.56. The van der Waals surface area contributed by atoms with Crippen molar-refractivity contribution in [2.24, 2.45) is 0 Å². The first kappa shape index (κ1) is 6.23. The van der Waals surface area contributed by atoms with E-state index in [4.69, 9.17) is 4.42 Å². The molecule has 0 amide bonds. The number of rotatable bonds is 1. The van der Waals surface area contributed by atoms with Crippen LogP contribution in [-0.2, 0) is 0 Å². The summed E-state index contributed by atoms with van der Waals surface area (Å²) in [6.45, 7) is 0. The molecule has 0 saturated heterocycles. The lowest BCUT2D eigenvalue weighted by molar-refractivity contribution is 0.568. The van der Waals surface area contributed by atoms with Crippen LogP contribution in [0.1, 0.15) is 0 Å². The fourth-order valence-electron chi connectivity index (χ4n) is 1.00. The highest BCUT2D eigenvalue weighted by molar-refractivity contribution is 5.61. The second-order valence-corrected chi connectivity index (χ2v) is 2.30. The summed E-state index contributed by atoms with van der Waals surface area (Å²) in [6, 6.07) is 12.7. The molecule has 0 aliphatic heterocycles. The summed E-state index contributed by atoms with van der Waals surface area (Å²) in [5.74, 6) is 0. The van der Waals surface area contributed by atoms with Gasteiger partial charge in [0.15, 0.2) is 0 Å². The highest BCUT2D eigenvalue weighted by Gasteiger charge is 1.94. The topological polar surface area (TPSA) is 13.1 Å². The van der Waals surface area contributed by atoms with Crippen LogP contribution in [0.3, 0.4) is 0 Å². The van der Waals surface area contributed by atoms with Crippen molar-refractivity contribution in [1.82, 2.24) is 0 Å². The smallest absolute Gasteiger partial charge is 0.0980 e. The van der Waals surface area contributed by atoms with Gasteiger partial charge < -0.3 is 4.42 Å². The normalized spacial score (nSPS) is 9.82. The Labute approximate surface area is 65.3 Å². The Morgan fingerprint density at radius 3 is 2.82 bits per heavy atom. The monoisotopic (exact) mass is 143 g/mol. The van der Waals surface area contributed by atoms with E-state index in [1.165, 1.54) is 0 Å². The molecule has 0 N–H and O–H groups in total. The van der Waals surface area contributed by atoms with Crippen molar-refractivity contribution < 1.29 is 4.42 Å². The Bertz CT molecular complexity index is 308. The van der Waals surface area contributed by atoms with Gasteiger partial charge in [0.05, 0.1) is 12.5 Å². The molecule has 0 aliphatic rings. The molecule has 0 atom stereocenters. The first-order valence-electron chi connectivity index (χ1n) is 3.45. The standard InChI is InChI=1S/C10H7O/c1-2-4-9(5-3-1)10-6-7-11-8-10/h1-2,4-8H. The Hall–Kier alpha value is -1.50. The summed E-state index contributed by atoms with van der Waals surface area (Å²) in [5, 5.41) is 0. The van der Waals surface area contributed by atoms with E-state index < -0.39 is 0 Å². The second-order valence-electron chi connectivity index (χ2n) is 2.30. The largest absolute Gasteiger partial charge is 0.472 e. The molecule has 1 aromatic carbocycles. The summed E-state index contributed by atoms with van der Waals surface area (Å²) in [6.07, 6.45) is 3.39. The maximum Gasteiger partial charge on any atom is 0.0980 e. The van der Waals surface area contributed by atoms with Crippen LogP contribution in [0.2, 0.25) is 0 Å². The predicted octanol–water partition coefficient (Wildman–Crippen LogP) is 2.75. The molecule has 1 aromatic heterocycles. The fourth-order valence-corrected chi connectivity index (χ4v) is 1.00. The van der Waals surface area contributed by atoms with E-state index in [-0.39, 0.29) is 0 Å². The lowest BCUT2D eigenvalue weighted by atomic mass is 10.1. The quantitative estimate of drug-likeness (QED) is 0.598. The van der Waals surface area contributed by atoms with Crippen LogP contribution in [-0.4, -0.2) is 0 Å².